The van der Waals surface area contributed by atoms with Crippen molar-refractivity contribution in [1.82, 2.24) is 0 Å². The average molecular weight is 403 g/mol. The molecule has 0 saturated heterocycles. The van der Waals surface area contributed by atoms with Crippen LogP contribution in [0.25, 0.3) is 0 Å². The number of aliphatic hydroxyl groups is 1. The fourth-order valence-corrected chi connectivity index (χ4v) is 4.07. The molecule has 0 amide bonds. The number of rotatable bonds is 17. The zero-order valence-corrected chi connectivity index (χ0v) is 19.3. The smallest absolute Gasteiger partial charge is 0.200 e. The molecule has 0 fully saturated rings. The number of quaternary nitrogens is 1. The molecule has 0 aromatic heterocycles. The van der Waals surface area contributed by atoms with Gasteiger partial charge in [-0.15, -0.1) is 0 Å². The Kier molecular flexibility index (Phi) is 16.7. The number of amidine groups is 1. The predicted octanol–water partition coefficient (Wildman–Crippen LogP) is 3.45. The normalized spacial score (nSPS) is 20.4. The van der Waals surface area contributed by atoms with E-state index in [9.17, 15) is 5.11 Å². The molecule has 1 N–H and O–H groups in total. The van der Waals surface area contributed by atoms with Crippen LogP contribution < -0.4 is 12.4 Å². The number of halogens is 1. The molecule has 0 spiro atoms. The summed E-state index contributed by atoms with van der Waals surface area (Å²) in [6, 6.07) is 0. The van der Waals surface area contributed by atoms with Crippen LogP contribution in [0, 0.1) is 0 Å². The van der Waals surface area contributed by atoms with Gasteiger partial charge in [0.05, 0.1) is 13.6 Å². The minimum absolute atomic E-state index is 0. The lowest BCUT2D eigenvalue weighted by Gasteiger charge is -2.32. The Balaban J connectivity index is 0.00000676. The monoisotopic (exact) mass is 402 g/mol. The van der Waals surface area contributed by atoms with E-state index in [-0.39, 0.29) is 18.6 Å². The lowest BCUT2D eigenvalue weighted by molar-refractivity contribution is -0.865. The van der Waals surface area contributed by atoms with Crippen LogP contribution in [0.4, 0.5) is 0 Å². The first-order chi connectivity index (χ1) is 12.6. The van der Waals surface area contributed by atoms with E-state index in [4.69, 9.17) is 0 Å². The van der Waals surface area contributed by atoms with Gasteiger partial charge < -0.3 is 17.5 Å². The highest BCUT2D eigenvalue weighted by molar-refractivity contribution is 5.76. The molecule has 0 aromatic carbocycles. The van der Waals surface area contributed by atoms with Gasteiger partial charge in [0.15, 0.2) is 12.1 Å². The Labute approximate surface area is 176 Å². The number of hydrogen-bond acceptors (Lipinski definition) is 2. The van der Waals surface area contributed by atoms with Crippen molar-refractivity contribution in [3.63, 3.8) is 0 Å². The van der Waals surface area contributed by atoms with Crippen molar-refractivity contribution in [2.45, 2.75) is 123 Å². The highest BCUT2D eigenvalue weighted by Gasteiger charge is 2.37. The summed E-state index contributed by atoms with van der Waals surface area (Å²) in [6.07, 6.45) is 21.8. The van der Waals surface area contributed by atoms with Crippen LogP contribution in [-0.2, 0) is 0 Å². The van der Waals surface area contributed by atoms with E-state index < -0.39 is 0 Å². The van der Waals surface area contributed by atoms with Crippen molar-refractivity contribution >= 4 is 5.84 Å². The maximum absolute atomic E-state index is 10.00. The molecule has 2 unspecified atom stereocenters. The number of likely N-dealkylation sites (N-methyl/N-ethyl adjacent to an activating group) is 1. The molecule has 27 heavy (non-hydrogen) atoms. The predicted molar refractivity (Wildman–Crippen MR) is 115 cm³/mol. The first-order valence-corrected chi connectivity index (χ1v) is 11.7. The van der Waals surface area contributed by atoms with Gasteiger partial charge in [0.25, 0.3) is 0 Å². The summed E-state index contributed by atoms with van der Waals surface area (Å²) in [5.74, 6) is 1.22. The molecule has 0 saturated carbocycles. The summed E-state index contributed by atoms with van der Waals surface area (Å²) in [4.78, 5) is 4.64. The highest BCUT2D eigenvalue weighted by Crippen LogP contribution is 2.20. The van der Waals surface area contributed by atoms with Gasteiger partial charge in [-0.25, -0.2) is 4.99 Å². The Morgan fingerprint density at radius 2 is 1.22 bits per heavy atom. The van der Waals surface area contributed by atoms with Gasteiger partial charge in [-0.05, 0) is 6.42 Å². The third kappa shape index (κ3) is 11.5. The van der Waals surface area contributed by atoms with Crippen molar-refractivity contribution < 1.29 is 22.0 Å². The van der Waals surface area contributed by atoms with Gasteiger partial charge in [-0.2, -0.15) is 0 Å². The second-order valence-corrected chi connectivity index (χ2v) is 8.62. The molecule has 3 nitrogen and oxygen atoms in total. The van der Waals surface area contributed by atoms with Crippen molar-refractivity contribution in [3.05, 3.63) is 0 Å². The second kappa shape index (κ2) is 16.8. The van der Waals surface area contributed by atoms with Gasteiger partial charge in [-0.3, -0.25) is 4.48 Å². The Morgan fingerprint density at radius 1 is 0.815 bits per heavy atom. The molecule has 0 bridgehead atoms. The van der Waals surface area contributed by atoms with E-state index in [1.807, 2.05) is 6.92 Å². The Morgan fingerprint density at radius 3 is 1.63 bits per heavy atom. The summed E-state index contributed by atoms with van der Waals surface area (Å²) in [5, 5.41) is 10.00. The third-order valence-corrected chi connectivity index (χ3v) is 6.28. The van der Waals surface area contributed by atoms with Crippen LogP contribution in [0.5, 0.6) is 0 Å². The van der Waals surface area contributed by atoms with E-state index >= 15 is 0 Å². The molecular formula is C23H47ClN2O. The Hall–Kier alpha value is -0.120. The molecule has 2 atom stereocenters. The van der Waals surface area contributed by atoms with Gasteiger partial charge in [-0.1, -0.05) is 96.8 Å². The molecule has 1 rings (SSSR count). The quantitative estimate of drug-likeness (QED) is 0.293. The van der Waals surface area contributed by atoms with Crippen LogP contribution in [0.1, 0.15) is 117 Å². The standard InChI is InChI=1S/C23H47N2O.ClH/c1-4-5-6-7-8-9-10-11-12-13-14-15-16-17-18-19-23-24-20-21-25(23,3)22(2)26;/h22,26H,4-21H2,1-3H3;1H/q+1;/p-1. The number of aliphatic imine (C=N–C) groups is 1. The molecule has 0 aliphatic carbocycles. The molecule has 4 heteroatoms. The summed E-state index contributed by atoms with van der Waals surface area (Å²) in [7, 11) is 2.13. The van der Waals surface area contributed by atoms with Crippen LogP contribution in [0.3, 0.4) is 0 Å². The molecular weight excluding hydrogens is 356 g/mol. The fraction of sp³-hybridized carbons (Fsp3) is 0.957. The Bertz CT molecular complexity index is 373. The maximum Gasteiger partial charge on any atom is 0.200 e. The molecule has 1 aliphatic heterocycles. The molecule has 0 aromatic rings. The van der Waals surface area contributed by atoms with E-state index in [2.05, 4.69) is 19.0 Å². The van der Waals surface area contributed by atoms with E-state index in [1.54, 1.807) is 0 Å². The van der Waals surface area contributed by atoms with Crippen molar-refractivity contribution in [3.8, 4) is 0 Å². The molecule has 162 valence electrons. The summed E-state index contributed by atoms with van der Waals surface area (Å²) in [6.45, 7) is 6.03. The zero-order valence-electron chi connectivity index (χ0n) is 18.5. The van der Waals surface area contributed by atoms with Crippen LogP contribution in [0.15, 0.2) is 4.99 Å². The first kappa shape index (κ1) is 26.9. The lowest BCUT2D eigenvalue weighted by atomic mass is 10.0. The SMILES string of the molecule is CCCCCCCCCCCCCCCCCC1=NCC[N+]1(C)C(C)O.[Cl-]. The topological polar surface area (TPSA) is 32.6 Å². The second-order valence-electron chi connectivity index (χ2n) is 8.62. The molecule has 0 radical (unpaired) electrons. The van der Waals surface area contributed by atoms with Crippen molar-refractivity contribution in [2.24, 2.45) is 4.99 Å². The summed E-state index contributed by atoms with van der Waals surface area (Å²) in [5.41, 5.74) is 0. The number of unbranched alkanes of at least 4 members (excludes halogenated alkanes) is 14. The van der Waals surface area contributed by atoms with Gasteiger partial charge in [0.1, 0.15) is 6.54 Å². The zero-order chi connectivity index (χ0) is 19.1. The summed E-state index contributed by atoms with van der Waals surface area (Å²) >= 11 is 0. The van der Waals surface area contributed by atoms with Crippen LogP contribution in [0.2, 0.25) is 0 Å². The van der Waals surface area contributed by atoms with Crippen molar-refractivity contribution in [1.29, 1.82) is 0 Å². The number of aliphatic hydroxyl groups excluding tert-OH is 1. The minimum Gasteiger partial charge on any atom is -1.00 e. The summed E-state index contributed by atoms with van der Waals surface area (Å²) < 4.78 is 0.651. The van der Waals surface area contributed by atoms with Gasteiger partial charge in [0.2, 0.25) is 0 Å². The third-order valence-electron chi connectivity index (χ3n) is 6.28. The van der Waals surface area contributed by atoms with Crippen LogP contribution >= 0.6 is 0 Å². The maximum atomic E-state index is 10.00. The largest absolute Gasteiger partial charge is 1.00 e. The van der Waals surface area contributed by atoms with Gasteiger partial charge >= 0.3 is 0 Å². The number of hydrogen-bond donors (Lipinski definition) is 1. The number of nitrogens with zero attached hydrogens (tertiary/aromatic N) is 2. The lowest BCUT2D eigenvalue weighted by Crippen LogP contribution is -3.00. The molecule has 1 heterocycles. The van der Waals surface area contributed by atoms with Crippen molar-refractivity contribution in [2.75, 3.05) is 20.1 Å². The van der Waals surface area contributed by atoms with Crippen LogP contribution in [-0.4, -0.2) is 41.8 Å². The van der Waals surface area contributed by atoms with E-state index in [1.165, 1.54) is 102 Å². The fourth-order valence-electron chi connectivity index (χ4n) is 4.07. The van der Waals surface area contributed by atoms with E-state index in [0.717, 1.165) is 19.5 Å². The average Bonchev–Trinajstić information content (AvgIpc) is 3.00. The highest BCUT2D eigenvalue weighted by atomic mass is 35.5. The molecule has 1 aliphatic rings. The van der Waals surface area contributed by atoms with Gasteiger partial charge in [0, 0.05) is 13.3 Å². The first-order valence-electron chi connectivity index (χ1n) is 11.7. The minimum atomic E-state index is -0.326. The van der Waals surface area contributed by atoms with E-state index in [0.29, 0.717) is 4.48 Å².